The third kappa shape index (κ3) is 4.47. The summed E-state index contributed by atoms with van der Waals surface area (Å²) in [5, 5.41) is 7.47. The van der Waals surface area contributed by atoms with Gasteiger partial charge in [-0.2, -0.15) is 0 Å². The first-order valence-electron chi connectivity index (χ1n) is 8.46. The first-order valence-corrected chi connectivity index (χ1v) is 8.84. The SMILES string of the molecule is O=C(CC1CC2CCC(C1)N2)NCCCc1ccc(Cl)cc1. The molecule has 2 fully saturated rings. The molecule has 2 heterocycles. The molecule has 1 aromatic rings. The minimum Gasteiger partial charge on any atom is -0.356 e. The number of carbonyl (C=O) groups is 1. The van der Waals surface area contributed by atoms with Gasteiger partial charge in [-0.25, -0.2) is 0 Å². The van der Waals surface area contributed by atoms with Gasteiger partial charge in [-0.1, -0.05) is 23.7 Å². The van der Waals surface area contributed by atoms with Gasteiger partial charge in [-0.15, -0.1) is 0 Å². The maximum absolute atomic E-state index is 12.1. The topological polar surface area (TPSA) is 41.1 Å². The zero-order valence-electron chi connectivity index (χ0n) is 13.0. The molecule has 0 saturated carbocycles. The third-order valence-corrected chi connectivity index (χ3v) is 5.17. The highest BCUT2D eigenvalue weighted by Gasteiger charge is 2.33. The van der Waals surface area contributed by atoms with Gasteiger partial charge in [0.2, 0.25) is 5.91 Å². The summed E-state index contributed by atoms with van der Waals surface area (Å²) in [4.78, 5) is 12.1. The molecule has 0 radical (unpaired) electrons. The van der Waals surface area contributed by atoms with Crippen LogP contribution in [0.25, 0.3) is 0 Å². The molecule has 0 aliphatic carbocycles. The Morgan fingerprint density at radius 2 is 1.86 bits per heavy atom. The Labute approximate surface area is 137 Å². The molecule has 1 amide bonds. The summed E-state index contributed by atoms with van der Waals surface area (Å²) in [5.74, 6) is 0.803. The molecule has 0 aromatic heterocycles. The van der Waals surface area contributed by atoms with E-state index in [1.165, 1.54) is 31.2 Å². The maximum Gasteiger partial charge on any atom is 0.220 e. The van der Waals surface area contributed by atoms with Crippen LogP contribution >= 0.6 is 11.6 Å². The van der Waals surface area contributed by atoms with Gasteiger partial charge < -0.3 is 10.6 Å². The van der Waals surface area contributed by atoms with Crippen LogP contribution in [0.1, 0.15) is 44.1 Å². The Kier molecular flexibility index (Phi) is 5.37. The van der Waals surface area contributed by atoms with E-state index in [1.807, 2.05) is 12.1 Å². The number of carbonyl (C=O) groups excluding carboxylic acids is 1. The molecule has 2 unspecified atom stereocenters. The quantitative estimate of drug-likeness (QED) is 0.790. The largest absolute Gasteiger partial charge is 0.356 e. The number of hydrogen-bond acceptors (Lipinski definition) is 2. The van der Waals surface area contributed by atoms with E-state index in [-0.39, 0.29) is 5.91 Å². The average molecular weight is 321 g/mol. The number of rotatable bonds is 6. The first kappa shape index (κ1) is 15.8. The number of halogens is 1. The van der Waals surface area contributed by atoms with Gasteiger partial charge in [0.25, 0.3) is 0 Å². The van der Waals surface area contributed by atoms with E-state index in [0.717, 1.165) is 24.4 Å². The Hall–Kier alpha value is -1.06. The second-order valence-electron chi connectivity index (χ2n) is 6.76. The second kappa shape index (κ2) is 7.47. The number of aryl methyl sites for hydroxylation is 1. The number of nitrogens with one attached hydrogen (secondary N) is 2. The van der Waals surface area contributed by atoms with E-state index in [4.69, 9.17) is 11.6 Å². The molecule has 2 atom stereocenters. The van der Waals surface area contributed by atoms with Gasteiger partial charge in [0, 0.05) is 30.1 Å². The molecular weight excluding hydrogens is 296 g/mol. The van der Waals surface area contributed by atoms with Crippen molar-refractivity contribution >= 4 is 17.5 Å². The van der Waals surface area contributed by atoms with Crippen molar-refractivity contribution < 1.29 is 4.79 Å². The number of piperidine rings is 1. The normalized spacial score (nSPS) is 26.9. The Balaban J connectivity index is 1.32. The molecule has 2 N–H and O–H groups in total. The summed E-state index contributed by atoms with van der Waals surface area (Å²) in [7, 11) is 0. The van der Waals surface area contributed by atoms with E-state index in [1.54, 1.807) is 0 Å². The summed E-state index contributed by atoms with van der Waals surface area (Å²) < 4.78 is 0. The Morgan fingerprint density at radius 1 is 1.18 bits per heavy atom. The van der Waals surface area contributed by atoms with Gasteiger partial charge in [-0.05, 0) is 62.1 Å². The van der Waals surface area contributed by atoms with Crippen molar-refractivity contribution in [1.29, 1.82) is 0 Å². The molecule has 120 valence electrons. The molecule has 2 saturated heterocycles. The van der Waals surface area contributed by atoms with E-state index in [9.17, 15) is 4.79 Å². The molecule has 2 aliphatic heterocycles. The summed E-state index contributed by atoms with van der Waals surface area (Å²) in [6, 6.07) is 9.27. The standard InChI is InChI=1S/C18H25ClN2O/c19-15-5-3-13(4-6-15)2-1-9-20-18(22)12-14-10-16-7-8-17(11-14)21-16/h3-6,14,16-17,21H,1-2,7-12H2,(H,20,22). The third-order valence-electron chi connectivity index (χ3n) is 4.92. The lowest BCUT2D eigenvalue weighted by atomic mass is 9.89. The highest BCUT2D eigenvalue weighted by Crippen LogP contribution is 2.32. The van der Waals surface area contributed by atoms with Gasteiger partial charge in [0.1, 0.15) is 0 Å². The highest BCUT2D eigenvalue weighted by atomic mass is 35.5. The highest BCUT2D eigenvalue weighted by molar-refractivity contribution is 6.30. The summed E-state index contributed by atoms with van der Waals surface area (Å²) >= 11 is 5.87. The fraction of sp³-hybridized carbons (Fsp3) is 0.611. The van der Waals surface area contributed by atoms with Crippen molar-refractivity contribution in [3.63, 3.8) is 0 Å². The molecule has 0 spiro atoms. The molecule has 2 aliphatic rings. The van der Waals surface area contributed by atoms with Crippen molar-refractivity contribution in [3.8, 4) is 0 Å². The number of amides is 1. The zero-order valence-corrected chi connectivity index (χ0v) is 13.7. The van der Waals surface area contributed by atoms with Gasteiger partial charge >= 0.3 is 0 Å². The number of benzene rings is 1. The predicted molar refractivity (Wildman–Crippen MR) is 90.1 cm³/mol. The van der Waals surface area contributed by atoms with Crippen molar-refractivity contribution in [1.82, 2.24) is 10.6 Å². The van der Waals surface area contributed by atoms with Gasteiger partial charge in [0.05, 0.1) is 0 Å². The second-order valence-corrected chi connectivity index (χ2v) is 7.20. The Bertz CT molecular complexity index is 490. The fourth-order valence-corrected chi connectivity index (χ4v) is 3.97. The van der Waals surface area contributed by atoms with Crippen LogP contribution in [-0.2, 0) is 11.2 Å². The maximum atomic E-state index is 12.1. The van der Waals surface area contributed by atoms with Crippen LogP contribution in [0, 0.1) is 5.92 Å². The number of fused-ring (bicyclic) bond motifs is 2. The van der Waals surface area contributed by atoms with E-state index >= 15 is 0 Å². The minimum absolute atomic E-state index is 0.224. The van der Waals surface area contributed by atoms with E-state index in [2.05, 4.69) is 22.8 Å². The number of hydrogen-bond donors (Lipinski definition) is 2. The molecular formula is C18H25ClN2O. The Morgan fingerprint density at radius 3 is 2.55 bits per heavy atom. The molecule has 3 nitrogen and oxygen atoms in total. The van der Waals surface area contributed by atoms with Crippen LogP contribution in [0.3, 0.4) is 0 Å². The lowest BCUT2D eigenvalue weighted by molar-refractivity contribution is -0.122. The monoisotopic (exact) mass is 320 g/mol. The van der Waals surface area contributed by atoms with Crippen molar-refractivity contribution in [2.45, 2.75) is 57.0 Å². The lowest BCUT2D eigenvalue weighted by Crippen LogP contribution is -2.39. The predicted octanol–water partition coefficient (Wildman–Crippen LogP) is 3.31. The molecule has 4 heteroatoms. The zero-order chi connectivity index (χ0) is 15.4. The van der Waals surface area contributed by atoms with Gasteiger partial charge in [-0.3, -0.25) is 4.79 Å². The molecule has 1 aromatic carbocycles. The van der Waals surface area contributed by atoms with Crippen molar-refractivity contribution in [2.75, 3.05) is 6.54 Å². The first-order chi connectivity index (χ1) is 10.7. The summed E-state index contributed by atoms with van der Waals surface area (Å²) in [6.45, 7) is 0.763. The van der Waals surface area contributed by atoms with Crippen LogP contribution in [0.5, 0.6) is 0 Å². The van der Waals surface area contributed by atoms with Crippen LogP contribution < -0.4 is 10.6 Å². The van der Waals surface area contributed by atoms with Crippen molar-refractivity contribution in [2.24, 2.45) is 5.92 Å². The summed E-state index contributed by atoms with van der Waals surface area (Å²) in [5.41, 5.74) is 1.27. The van der Waals surface area contributed by atoms with Crippen LogP contribution in [0.2, 0.25) is 5.02 Å². The van der Waals surface area contributed by atoms with E-state index < -0.39 is 0 Å². The fourth-order valence-electron chi connectivity index (χ4n) is 3.85. The van der Waals surface area contributed by atoms with Crippen LogP contribution in [-0.4, -0.2) is 24.5 Å². The van der Waals surface area contributed by atoms with Gasteiger partial charge in [0.15, 0.2) is 0 Å². The van der Waals surface area contributed by atoms with Crippen LogP contribution in [0.4, 0.5) is 0 Å². The lowest BCUT2D eigenvalue weighted by Gasteiger charge is -2.28. The average Bonchev–Trinajstić information content (AvgIpc) is 2.84. The van der Waals surface area contributed by atoms with Crippen LogP contribution in [0.15, 0.2) is 24.3 Å². The minimum atomic E-state index is 0.224. The molecule has 22 heavy (non-hydrogen) atoms. The summed E-state index contributed by atoms with van der Waals surface area (Å²) in [6.07, 6.45) is 7.60. The molecule has 2 bridgehead atoms. The van der Waals surface area contributed by atoms with E-state index in [0.29, 0.717) is 24.4 Å². The molecule has 3 rings (SSSR count). The van der Waals surface area contributed by atoms with Crippen molar-refractivity contribution in [3.05, 3.63) is 34.9 Å². The smallest absolute Gasteiger partial charge is 0.220 e.